The third-order valence-electron chi connectivity index (χ3n) is 4.52. The van der Waals surface area contributed by atoms with Gasteiger partial charge in [-0.2, -0.15) is 0 Å². The third-order valence-corrected chi connectivity index (χ3v) is 6.92. The molecule has 26 heavy (non-hydrogen) atoms. The molecule has 0 bridgehead atoms. The fraction of sp³-hybridized carbons (Fsp3) is 0.444. The Morgan fingerprint density at radius 1 is 1.35 bits per heavy atom. The highest BCUT2D eigenvalue weighted by atomic mass is 32.2. The lowest BCUT2D eigenvalue weighted by Crippen LogP contribution is -2.42. The molecule has 1 fully saturated rings. The molecular weight excluding hydrogens is 370 g/mol. The van der Waals surface area contributed by atoms with Gasteiger partial charge in [0.05, 0.1) is 17.7 Å². The Morgan fingerprint density at radius 2 is 2.08 bits per heavy atom. The predicted molar refractivity (Wildman–Crippen MR) is 104 cm³/mol. The highest BCUT2D eigenvalue weighted by Gasteiger charge is 2.35. The molecule has 1 aromatic heterocycles. The lowest BCUT2D eigenvalue weighted by Gasteiger charge is -2.28. The zero-order valence-corrected chi connectivity index (χ0v) is 16.6. The van der Waals surface area contributed by atoms with Crippen LogP contribution in [-0.2, 0) is 9.84 Å². The summed E-state index contributed by atoms with van der Waals surface area (Å²) in [5, 5.41) is 0.732. The van der Waals surface area contributed by atoms with Gasteiger partial charge in [0.2, 0.25) is 0 Å². The summed E-state index contributed by atoms with van der Waals surface area (Å²) < 4.78 is 25.6. The molecular formula is C18H23N3O3S2. The van der Waals surface area contributed by atoms with Gasteiger partial charge in [0.25, 0.3) is 5.91 Å². The van der Waals surface area contributed by atoms with Crippen molar-refractivity contribution in [2.75, 3.05) is 24.3 Å². The fourth-order valence-electron chi connectivity index (χ4n) is 3.32. The van der Waals surface area contributed by atoms with Crippen LogP contribution in [0.1, 0.15) is 30.3 Å². The van der Waals surface area contributed by atoms with Gasteiger partial charge in [-0.1, -0.05) is 36.9 Å². The number of nitrogens with zero attached hydrogens (tertiary/aromatic N) is 3. The minimum atomic E-state index is -3.06. The van der Waals surface area contributed by atoms with Gasteiger partial charge in [-0.3, -0.25) is 9.36 Å². The number of rotatable bonds is 6. The van der Waals surface area contributed by atoms with E-state index in [1.807, 2.05) is 48.1 Å². The monoisotopic (exact) mass is 393 g/mol. The number of benzene rings is 1. The van der Waals surface area contributed by atoms with Gasteiger partial charge >= 0.3 is 0 Å². The molecule has 140 valence electrons. The number of carbonyl (C=O) groups is 1. The van der Waals surface area contributed by atoms with Crippen molar-refractivity contribution in [3.8, 4) is 5.69 Å². The average molecular weight is 394 g/mol. The molecule has 1 aromatic carbocycles. The highest BCUT2D eigenvalue weighted by molar-refractivity contribution is 7.98. The standard InChI is InChI=1S/C18H23N3O3S2/c1-3-10-20(15-9-11-26(23,24)13-15)17(22)16-12-19-18(25-2)21(16)14-7-5-4-6-8-14/h4-8,12,15H,3,9-11,13H2,1-2H3. The second-order valence-electron chi connectivity index (χ2n) is 6.36. The molecule has 0 saturated carbocycles. The molecule has 1 atom stereocenters. The smallest absolute Gasteiger partial charge is 0.272 e. The second-order valence-corrected chi connectivity index (χ2v) is 9.36. The molecule has 1 amide bonds. The van der Waals surface area contributed by atoms with Crippen molar-refractivity contribution in [2.45, 2.75) is 31.0 Å². The van der Waals surface area contributed by atoms with Crippen LogP contribution in [0.4, 0.5) is 0 Å². The Kier molecular flexibility index (Phi) is 5.72. The lowest BCUT2D eigenvalue weighted by molar-refractivity contribution is 0.0688. The van der Waals surface area contributed by atoms with Gasteiger partial charge in [-0.05, 0) is 31.2 Å². The van der Waals surface area contributed by atoms with E-state index >= 15 is 0 Å². The SMILES string of the molecule is CCCN(C(=O)c1cnc(SC)n1-c1ccccc1)C1CCS(=O)(=O)C1. The summed E-state index contributed by atoms with van der Waals surface area (Å²) in [5.74, 6) is 0.0397. The Morgan fingerprint density at radius 3 is 2.65 bits per heavy atom. The summed E-state index contributed by atoms with van der Waals surface area (Å²) in [6, 6.07) is 9.37. The molecule has 0 N–H and O–H groups in total. The third kappa shape index (κ3) is 3.81. The van der Waals surface area contributed by atoms with Crippen LogP contribution < -0.4 is 0 Å². The molecule has 2 heterocycles. The van der Waals surface area contributed by atoms with E-state index in [1.165, 1.54) is 11.8 Å². The Labute approximate surface area is 158 Å². The molecule has 1 aliphatic rings. The normalized spacial score (nSPS) is 18.8. The fourth-order valence-corrected chi connectivity index (χ4v) is 5.59. The van der Waals surface area contributed by atoms with Crippen LogP contribution in [0.15, 0.2) is 41.7 Å². The maximum atomic E-state index is 13.3. The number of carbonyl (C=O) groups excluding carboxylic acids is 1. The Bertz CT molecular complexity index is 878. The lowest BCUT2D eigenvalue weighted by atomic mass is 10.2. The number of thioether (sulfide) groups is 1. The number of para-hydroxylation sites is 1. The minimum Gasteiger partial charge on any atom is -0.333 e. The first-order valence-corrected chi connectivity index (χ1v) is 11.7. The molecule has 1 saturated heterocycles. The first kappa shape index (κ1) is 19.0. The number of amides is 1. The summed E-state index contributed by atoms with van der Waals surface area (Å²) in [6.45, 7) is 2.53. The van der Waals surface area contributed by atoms with Crippen molar-refractivity contribution in [3.63, 3.8) is 0 Å². The summed E-state index contributed by atoms with van der Waals surface area (Å²) >= 11 is 1.47. The minimum absolute atomic E-state index is 0.0492. The van der Waals surface area contributed by atoms with Crippen molar-refractivity contribution in [2.24, 2.45) is 0 Å². The molecule has 1 unspecified atom stereocenters. The van der Waals surface area contributed by atoms with Crippen molar-refractivity contribution < 1.29 is 13.2 Å². The quantitative estimate of drug-likeness (QED) is 0.706. The molecule has 6 nitrogen and oxygen atoms in total. The van der Waals surface area contributed by atoms with Gasteiger partial charge in [-0.15, -0.1) is 0 Å². The van der Waals surface area contributed by atoms with Gasteiger partial charge in [0, 0.05) is 18.3 Å². The van der Waals surface area contributed by atoms with Crippen molar-refractivity contribution in [1.82, 2.24) is 14.5 Å². The number of imidazole rings is 1. The van der Waals surface area contributed by atoms with Gasteiger partial charge in [0.15, 0.2) is 15.0 Å². The average Bonchev–Trinajstić information content (AvgIpc) is 3.22. The second kappa shape index (κ2) is 7.84. The summed E-state index contributed by atoms with van der Waals surface area (Å²) in [5.41, 5.74) is 1.34. The zero-order chi connectivity index (χ0) is 18.7. The van der Waals surface area contributed by atoms with E-state index < -0.39 is 9.84 Å². The number of aromatic nitrogens is 2. The van der Waals surface area contributed by atoms with E-state index in [1.54, 1.807) is 11.1 Å². The number of hydrogen-bond donors (Lipinski definition) is 0. The maximum Gasteiger partial charge on any atom is 0.272 e. The summed E-state index contributed by atoms with van der Waals surface area (Å²) in [4.78, 5) is 19.4. The van der Waals surface area contributed by atoms with E-state index in [2.05, 4.69) is 4.98 Å². The van der Waals surface area contributed by atoms with Crippen LogP contribution in [0.5, 0.6) is 0 Å². The molecule has 3 rings (SSSR count). The number of sulfone groups is 1. The maximum absolute atomic E-state index is 13.3. The van der Waals surface area contributed by atoms with Gasteiger partial charge in [-0.25, -0.2) is 13.4 Å². The van der Waals surface area contributed by atoms with E-state index in [-0.39, 0.29) is 23.5 Å². The van der Waals surface area contributed by atoms with Crippen molar-refractivity contribution in [1.29, 1.82) is 0 Å². The van der Waals surface area contributed by atoms with E-state index in [0.717, 1.165) is 17.3 Å². The van der Waals surface area contributed by atoms with Crippen LogP contribution in [-0.4, -0.2) is 59.1 Å². The summed E-state index contributed by atoms with van der Waals surface area (Å²) in [6.07, 6.45) is 4.79. The van der Waals surface area contributed by atoms with Crippen LogP contribution in [0, 0.1) is 0 Å². The Balaban J connectivity index is 1.99. The van der Waals surface area contributed by atoms with Crippen LogP contribution in [0.25, 0.3) is 5.69 Å². The molecule has 0 spiro atoms. The predicted octanol–water partition coefficient (Wildman–Crippen LogP) is 2.63. The number of hydrogen-bond acceptors (Lipinski definition) is 5. The molecule has 1 aliphatic heterocycles. The molecule has 8 heteroatoms. The first-order chi connectivity index (χ1) is 12.5. The zero-order valence-electron chi connectivity index (χ0n) is 15.0. The Hall–Kier alpha value is -1.80. The largest absolute Gasteiger partial charge is 0.333 e. The van der Waals surface area contributed by atoms with E-state index in [9.17, 15) is 13.2 Å². The van der Waals surface area contributed by atoms with Crippen molar-refractivity contribution >= 4 is 27.5 Å². The van der Waals surface area contributed by atoms with E-state index in [4.69, 9.17) is 0 Å². The first-order valence-electron chi connectivity index (χ1n) is 8.65. The van der Waals surface area contributed by atoms with E-state index in [0.29, 0.717) is 18.7 Å². The topological polar surface area (TPSA) is 72.3 Å². The van der Waals surface area contributed by atoms with Crippen LogP contribution in [0.3, 0.4) is 0 Å². The molecule has 0 radical (unpaired) electrons. The van der Waals surface area contributed by atoms with Crippen LogP contribution in [0.2, 0.25) is 0 Å². The van der Waals surface area contributed by atoms with Crippen molar-refractivity contribution in [3.05, 3.63) is 42.2 Å². The van der Waals surface area contributed by atoms with Gasteiger partial charge < -0.3 is 4.90 Å². The molecule has 2 aromatic rings. The molecule has 0 aliphatic carbocycles. The summed E-state index contributed by atoms with van der Waals surface area (Å²) in [7, 11) is -3.06. The van der Waals surface area contributed by atoms with Crippen LogP contribution >= 0.6 is 11.8 Å². The highest BCUT2D eigenvalue weighted by Crippen LogP contribution is 2.25. The van der Waals surface area contributed by atoms with Gasteiger partial charge in [0.1, 0.15) is 5.69 Å².